The molecular weight excluding hydrogens is 266 g/mol. The Morgan fingerprint density at radius 2 is 1.88 bits per heavy atom. The van der Waals surface area contributed by atoms with Gasteiger partial charge in [-0.05, 0) is 34.2 Å². The molecule has 1 aliphatic rings. The Labute approximate surface area is 105 Å². The predicted molar refractivity (Wildman–Crippen MR) is 69.6 cm³/mol. The molecule has 1 aliphatic heterocycles. The number of nitrogens with zero attached hydrogens (tertiary/aromatic N) is 3. The third kappa shape index (κ3) is 2.54. The lowest BCUT2D eigenvalue weighted by Gasteiger charge is -2.38. The maximum Gasteiger partial charge on any atom is 0.225 e. The molecule has 0 aromatic carbocycles. The van der Waals surface area contributed by atoms with E-state index in [-0.39, 0.29) is 0 Å². The second-order valence-corrected chi connectivity index (χ2v) is 5.77. The Morgan fingerprint density at radius 1 is 1.31 bits per heavy atom. The maximum absolute atomic E-state index is 4.34. The van der Waals surface area contributed by atoms with Crippen molar-refractivity contribution in [2.24, 2.45) is 5.41 Å². The van der Waals surface area contributed by atoms with E-state index in [1.54, 1.807) is 0 Å². The van der Waals surface area contributed by atoms with Crippen LogP contribution in [0.25, 0.3) is 0 Å². The molecule has 1 saturated heterocycles. The van der Waals surface area contributed by atoms with Crippen molar-refractivity contribution in [3.8, 4) is 0 Å². The lowest BCUT2D eigenvalue weighted by atomic mass is 9.78. The molecule has 0 unspecified atom stereocenters. The van der Waals surface area contributed by atoms with E-state index in [4.69, 9.17) is 0 Å². The summed E-state index contributed by atoms with van der Waals surface area (Å²) < 4.78 is 0.937. The second kappa shape index (κ2) is 4.70. The van der Waals surface area contributed by atoms with Gasteiger partial charge in [-0.2, -0.15) is 0 Å². The normalized spacial score (nSPS) is 19.8. The molecule has 0 amide bonds. The van der Waals surface area contributed by atoms with E-state index in [1.807, 2.05) is 12.4 Å². The molecule has 0 radical (unpaired) electrons. The minimum absolute atomic E-state index is 0.520. The van der Waals surface area contributed by atoms with Crippen LogP contribution in [0.2, 0.25) is 0 Å². The summed E-state index contributed by atoms with van der Waals surface area (Å²) in [6, 6.07) is 0. The zero-order valence-electron chi connectivity index (χ0n) is 9.91. The standard InChI is InChI=1S/C12H18BrN3/c1-3-12(2)4-6-16(7-5-12)11-14-8-10(13)9-15-11/h8-9H,3-7H2,1-2H3. The quantitative estimate of drug-likeness (QED) is 0.834. The van der Waals surface area contributed by atoms with Crippen molar-refractivity contribution in [2.75, 3.05) is 18.0 Å². The summed E-state index contributed by atoms with van der Waals surface area (Å²) >= 11 is 3.36. The van der Waals surface area contributed by atoms with Crippen LogP contribution in [0, 0.1) is 5.41 Å². The van der Waals surface area contributed by atoms with Gasteiger partial charge in [0.15, 0.2) is 0 Å². The topological polar surface area (TPSA) is 29.0 Å². The number of hydrogen-bond donors (Lipinski definition) is 0. The minimum Gasteiger partial charge on any atom is -0.341 e. The molecule has 4 heteroatoms. The first-order valence-electron chi connectivity index (χ1n) is 5.85. The molecule has 1 fully saturated rings. The molecule has 3 nitrogen and oxygen atoms in total. The fraction of sp³-hybridized carbons (Fsp3) is 0.667. The van der Waals surface area contributed by atoms with Gasteiger partial charge >= 0.3 is 0 Å². The molecule has 0 atom stereocenters. The largest absolute Gasteiger partial charge is 0.341 e. The molecule has 2 rings (SSSR count). The lowest BCUT2D eigenvalue weighted by Crippen LogP contribution is -2.39. The van der Waals surface area contributed by atoms with E-state index in [2.05, 4.69) is 44.6 Å². The number of hydrogen-bond acceptors (Lipinski definition) is 3. The molecule has 0 N–H and O–H groups in total. The van der Waals surface area contributed by atoms with Crippen LogP contribution in [-0.4, -0.2) is 23.1 Å². The average molecular weight is 284 g/mol. The van der Waals surface area contributed by atoms with Gasteiger partial charge in [-0.25, -0.2) is 9.97 Å². The summed E-state index contributed by atoms with van der Waals surface area (Å²) in [5.74, 6) is 0.862. The van der Waals surface area contributed by atoms with Crippen LogP contribution >= 0.6 is 15.9 Å². The van der Waals surface area contributed by atoms with Crippen molar-refractivity contribution in [1.29, 1.82) is 0 Å². The average Bonchev–Trinajstić information content (AvgIpc) is 2.32. The molecule has 2 heterocycles. The first-order valence-corrected chi connectivity index (χ1v) is 6.65. The van der Waals surface area contributed by atoms with Crippen molar-refractivity contribution in [2.45, 2.75) is 33.1 Å². The molecule has 16 heavy (non-hydrogen) atoms. The van der Waals surface area contributed by atoms with Gasteiger partial charge in [0.25, 0.3) is 0 Å². The van der Waals surface area contributed by atoms with Gasteiger partial charge in [-0.1, -0.05) is 20.3 Å². The number of halogens is 1. The highest BCUT2D eigenvalue weighted by Crippen LogP contribution is 2.34. The molecule has 1 aromatic heterocycles. The van der Waals surface area contributed by atoms with Gasteiger partial charge in [-0.3, -0.25) is 0 Å². The fourth-order valence-corrected chi connectivity index (χ4v) is 2.27. The highest BCUT2D eigenvalue weighted by molar-refractivity contribution is 9.10. The van der Waals surface area contributed by atoms with Crippen LogP contribution in [0.3, 0.4) is 0 Å². The highest BCUT2D eigenvalue weighted by Gasteiger charge is 2.28. The Bertz CT molecular complexity index is 342. The van der Waals surface area contributed by atoms with Crippen molar-refractivity contribution < 1.29 is 0 Å². The van der Waals surface area contributed by atoms with Gasteiger partial charge in [0.1, 0.15) is 0 Å². The molecule has 0 saturated carbocycles. The number of piperidine rings is 1. The monoisotopic (exact) mass is 283 g/mol. The second-order valence-electron chi connectivity index (χ2n) is 4.85. The minimum atomic E-state index is 0.520. The third-order valence-corrected chi connectivity index (χ3v) is 4.12. The Morgan fingerprint density at radius 3 is 2.38 bits per heavy atom. The third-order valence-electron chi connectivity index (χ3n) is 3.71. The van der Waals surface area contributed by atoms with E-state index in [0.29, 0.717) is 5.41 Å². The van der Waals surface area contributed by atoms with Gasteiger partial charge < -0.3 is 4.90 Å². The smallest absolute Gasteiger partial charge is 0.225 e. The Hall–Kier alpha value is -0.640. The van der Waals surface area contributed by atoms with E-state index in [9.17, 15) is 0 Å². The first-order chi connectivity index (χ1) is 7.63. The van der Waals surface area contributed by atoms with Gasteiger partial charge in [0, 0.05) is 25.5 Å². The number of aromatic nitrogens is 2. The van der Waals surface area contributed by atoms with Crippen LogP contribution in [0.1, 0.15) is 33.1 Å². The maximum atomic E-state index is 4.34. The lowest BCUT2D eigenvalue weighted by molar-refractivity contribution is 0.237. The highest BCUT2D eigenvalue weighted by atomic mass is 79.9. The van der Waals surface area contributed by atoms with E-state index < -0.39 is 0 Å². The Balaban J connectivity index is 2.01. The summed E-state index contributed by atoms with van der Waals surface area (Å²) in [4.78, 5) is 11.0. The summed E-state index contributed by atoms with van der Waals surface area (Å²) in [6.07, 6.45) is 7.37. The molecule has 88 valence electrons. The molecular formula is C12H18BrN3. The zero-order valence-corrected chi connectivity index (χ0v) is 11.5. The van der Waals surface area contributed by atoms with Crippen LogP contribution in [-0.2, 0) is 0 Å². The zero-order chi connectivity index (χ0) is 11.6. The van der Waals surface area contributed by atoms with Crippen molar-refractivity contribution in [1.82, 2.24) is 9.97 Å². The summed E-state index contributed by atoms with van der Waals surface area (Å²) in [6.45, 7) is 6.82. The molecule has 0 aliphatic carbocycles. The molecule has 1 aromatic rings. The fourth-order valence-electron chi connectivity index (χ4n) is 2.07. The van der Waals surface area contributed by atoms with Crippen LogP contribution in [0.5, 0.6) is 0 Å². The Kier molecular flexibility index (Phi) is 3.47. The van der Waals surface area contributed by atoms with E-state index >= 15 is 0 Å². The van der Waals surface area contributed by atoms with Crippen molar-refractivity contribution in [3.63, 3.8) is 0 Å². The van der Waals surface area contributed by atoms with Crippen molar-refractivity contribution in [3.05, 3.63) is 16.9 Å². The van der Waals surface area contributed by atoms with Gasteiger partial charge in [-0.15, -0.1) is 0 Å². The molecule has 0 bridgehead atoms. The summed E-state index contributed by atoms with van der Waals surface area (Å²) in [7, 11) is 0. The summed E-state index contributed by atoms with van der Waals surface area (Å²) in [5, 5.41) is 0. The van der Waals surface area contributed by atoms with Gasteiger partial charge in [0.2, 0.25) is 5.95 Å². The van der Waals surface area contributed by atoms with Crippen molar-refractivity contribution >= 4 is 21.9 Å². The number of anilines is 1. The van der Waals surface area contributed by atoms with Crippen LogP contribution < -0.4 is 4.90 Å². The number of rotatable bonds is 2. The molecule has 0 spiro atoms. The first kappa shape index (κ1) is 11.8. The predicted octanol–water partition coefficient (Wildman–Crippen LogP) is 3.26. The van der Waals surface area contributed by atoms with Crippen LogP contribution in [0.15, 0.2) is 16.9 Å². The van der Waals surface area contributed by atoms with Gasteiger partial charge in [0.05, 0.1) is 4.47 Å². The van der Waals surface area contributed by atoms with E-state index in [1.165, 1.54) is 19.3 Å². The van der Waals surface area contributed by atoms with Crippen LogP contribution in [0.4, 0.5) is 5.95 Å². The summed E-state index contributed by atoms with van der Waals surface area (Å²) in [5.41, 5.74) is 0.520. The SMILES string of the molecule is CCC1(C)CCN(c2ncc(Br)cn2)CC1. The van der Waals surface area contributed by atoms with E-state index in [0.717, 1.165) is 23.5 Å².